The fourth-order valence-corrected chi connectivity index (χ4v) is 2.43. The summed E-state index contributed by atoms with van der Waals surface area (Å²) in [5.74, 6) is -0.253. The van der Waals surface area contributed by atoms with E-state index in [1.807, 2.05) is 12.1 Å². The number of carboxylic acids is 1. The molecule has 0 saturated heterocycles. The molecule has 0 fully saturated rings. The molecule has 1 aliphatic rings. The molecule has 86 valence electrons. The van der Waals surface area contributed by atoms with Crippen LogP contribution in [-0.4, -0.2) is 24.2 Å². The Hall–Kier alpha value is -1.35. The molecule has 0 amide bonds. The summed E-state index contributed by atoms with van der Waals surface area (Å²) in [4.78, 5) is 11.1. The minimum atomic E-state index is -0.805. The van der Waals surface area contributed by atoms with Crippen molar-refractivity contribution in [3.63, 3.8) is 0 Å². The second-order valence-electron chi connectivity index (χ2n) is 4.33. The van der Waals surface area contributed by atoms with E-state index in [1.54, 1.807) is 6.07 Å². The number of hydrogen-bond donors (Lipinski definition) is 2. The maximum atomic E-state index is 11.1. The SMILES string of the molecule is CCNCC1Cc2cccc(C(=O)O)c2C1. The molecule has 0 radical (unpaired) electrons. The monoisotopic (exact) mass is 219 g/mol. The minimum Gasteiger partial charge on any atom is -0.478 e. The van der Waals surface area contributed by atoms with E-state index >= 15 is 0 Å². The van der Waals surface area contributed by atoms with Crippen molar-refractivity contribution >= 4 is 5.97 Å². The number of hydrogen-bond acceptors (Lipinski definition) is 2. The van der Waals surface area contributed by atoms with Gasteiger partial charge in [0.1, 0.15) is 0 Å². The quantitative estimate of drug-likeness (QED) is 0.810. The van der Waals surface area contributed by atoms with Crippen molar-refractivity contribution in [2.45, 2.75) is 19.8 Å². The van der Waals surface area contributed by atoms with Crippen molar-refractivity contribution < 1.29 is 9.90 Å². The Balaban J connectivity index is 2.17. The predicted molar refractivity (Wildman–Crippen MR) is 62.8 cm³/mol. The molecule has 0 heterocycles. The molecular weight excluding hydrogens is 202 g/mol. The van der Waals surface area contributed by atoms with Crippen LogP contribution in [0.3, 0.4) is 0 Å². The van der Waals surface area contributed by atoms with Gasteiger partial charge in [0.25, 0.3) is 0 Å². The van der Waals surface area contributed by atoms with Crippen molar-refractivity contribution in [1.29, 1.82) is 0 Å². The van der Waals surface area contributed by atoms with Gasteiger partial charge < -0.3 is 10.4 Å². The smallest absolute Gasteiger partial charge is 0.335 e. The first kappa shape index (κ1) is 11.1. The van der Waals surface area contributed by atoms with Crippen molar-refractivity contribution in [3.05, 3.63) is 34.9 Å². The third-order valence-corrected chi connectivity index (χ3v) is 3.19. The summed E-state index contributed by atoms with van der Waals surface area (Å²) >= 11 is 0. The normalized spacial score (nSPS) is 18.4. The van der Waals surface area contributed by atoms with Gasteiger partial charge in [-0.3, -0.25) is 0 Å². The largest absolute Gasteiger partial charge is 0.478 e. The van der Waals surface area contributed by atoms with E-state index in [2.05, 4.69) is 12.2 Å². The van der Waals surface area contributed by atoms with Gasteiger partial charge in [0.2, 0.25) is 0 Å². The number of aromatic carboxylic acids is 1. The summed E-state index contributed by atoms with van der Waals surface area (Å²) in [6.07, 6.45) is 1.90. The highest BCUT2D eigenvalue weighted by Crippen LogP contribution is 2.29. The molecule has 0 saturated carbocycles. The molecule has 0 aliphatic heterocycles. The molecule has 1 atom stereocenters. The molecule has 0 spiro atoms. The molecule has 0 aromatic heterocycles. The van der Waals surface area contributed by atoms with Crippen LogP contribution in [0.5, 0.6) is 0 Å². The van der Waals surface area contributed by atoms with Gasteiger partial charge >= 0.3 is 5.97 Å². The van der Waals surface area contributed by atoms with E-state index in [1.165, 1.54) is 5.56 Å². The van der Waals surface area contributed by atoms with E-state index in [4.69, 9.17) is 5.11 Å². The third-order valence-electron chi connectivity index (χ3n) is 3.19. The Morgan fingerprint density at radius 3 is 3.00 bits per heavy atom. The van der Waals surface area contributed by atoms with E-state index in [9.17, 15) is 4.79 Å². The van der Waals surface area contributed by atoms with Crippen LogP contribution in [0.15, 0.2) is 18.2 Å². The summed E-state index contributed by atoms with van der Waals surface area (Å²) in [7, 11) is 0. The highest BCUT2D eigenvalue weighted by atomic mass is 16.4. The van der Waals surface area contributed by atoms with Crippen molar-refractivity contribution in [2.24, 2.45) is 5.92 Å². The molecule has 2 rings (SSSR count). The maximum Gasteiger partial charge on any atom is 0.335 e. The van der Waals surface area contributed by atoms with Crippen LogP contribution in [0.4, 0.5) is 0 Å². The van der Waals surface area contributed by atoms with Crippen LogP contribution >= 0.6 is 0 Å². The molecule has 1 unspecified atom stereocenters. The fourth-order valence-electron chi connectivity index (χ4n) is 2.43. The zero-order chi connectivity index (χ0) is 11.5. The molecule has 1 aliphatic carbocycles. The van der Waals surface area contributed by atoms with Crippen LogP contribution in [0, 0.1) is 5.92 Å². The summed E-state index contributed by atoms with van der Waals surface area (Å²) in [5.41, 5.74) is 2.73. The first-order chi connectivity index (χ1) is 7.72. The maximum absolute atomic E-state index is 11.1. The van der Waals surface area contributed by atoms with Crippen LogP contribution < -0.4 is 5.32 Å². The highest BCUT2D eigenvalue weighted by Gasteiger charge is 2.25. The number of carbonyl (C=O) groups is 1. The van der Waals surface area contributed by atoms with Gasteiger partial charge in [-0.15, -0.1) is 0 Å². The van der Waals surface area contributed by atoms with Gasteiger partial charge in [0, 0.05) is 0 Å². The summed E-state index contributed by atoms with van der Waals surface area (Å²) < 4.78 is 0. The Morgan fingerprint density at radius 1 is 1.50 bits per heavy atom. The van der Waals surface area contributed by atoms with Crippen molar-refractivity contribution in [3.8, 4) is 0 Å². The van der Waals surface area contributed by atoms with Crippen LogP contribution in [-0.2, 0) is 12.8 Å². The van der Waals surface area contributed by atoms with Gasteiger partial charge in [-0.2, -0.15) is 0 Å². The molecule has 0 bridgehead atoms. The summed E-state index contributed by atoms with van der Waals surface area (Å²) in [6.45, 7) is 4.04. The molecular formula is C13H17NO2. The van der Waals surface area contributed by atoms with Crippen molar-refractivity contribution in [1.82, 2.24) is 5.32 Å². The zero-order valence-electron chi connectivity index (χ0n) is 9.49. The lowest BCUT2D eigenvalue weighted by atomic mass is 10.0. The van der Waals surface area contributed by atoms with Gasteiger partial charge in [0.15, 0.2) is 0 Å². The van der Waals surface area contributed by atoms with Gasteiger partial charge in [-0.1, -0.05) is 19.1 Å². The molecule has 1 aromatic carbocycles. The lowest BCUT2D eigenvalue weighted by molar-refractivity contribution is 0.0695. The molecule has 3 heteroatoms. The van der Waals surface area contributed by atoms with E-state index in [0.717, 1.165) is 31.5 Å². The zero-order valence-corrected chi connectivity index (χ0v) is 9.49. The number of rotatable bonds is 4. The molecule has 2 N–H and O–H groups in total. The highest BCUT2D eigenvalue weighted by molar-refractivity contribution is 5.90. The van der Waals surface area contributed by atoms with Gasteiger partial charge in [-0.25, -0.2) is 4.79 Å². The van der Waals surface area contributed by atoms with E-state index < -0.39 is 5.97 Å². The number of carboxylic acid groups (broad SMARTS) is 1. The Labute approximate surface area is 95.5 Å². The topological polar surface area (TPSA) is 49.3 Å². The second-order valence-corrected chi connectivity index (χ2v) is 4.33. The second kappa shape index (κ2) is 4.66. The lowest BCUT2D eigenvalue weighted by Crippen LogP contribution is -2.22. The average molecular weight is 219 g/mol. The van der Waals surface area contributed by atoms with Crippen molar-refractivity contribution in [2.75, 3.05) is 13.1 Å². The van der Waals surface area contributed by atoms with Crippen LogP contribution in [0.1, 0.15) is 28.4 Å². The van der Waals surface area contributed by atoms with Gasteiger partial charge in [0.05, 0.1) is 5.56 Å². The third kappa shape index (κ3) is 2.09. The Kier molecular flexibility index (Phi) is 3.25. The average Bonchev–Trinajstić information content (AvgIpc) is 2.68. The number of benzene rings is 1. The minimum absolute atomic E-state index is 0.483. The summed E-state index contributed by atoms with van der Waals surface area (Å²) in [5, 5.41) is 12.4. The Morgan fingerprint density at radius 2 is 2.31 bits per heavy atom. The molecule has 1 aromatic rings. The fraction of sp³-hybridized carbons (Fsp3) is 0.462. The van der Waals surface area contributed by atoms with Crippen LogP contribution in [0.25, 0.3) is 0 Å². The Bertz CT molecular complexity index is 401. The molecule has 3 nitrogen and oxygen atoms in total. The predicted octanol–water partition coefficient (Wildman–Crippen LogP) is 1.71. The first-order valence-electron chi connectivity index (χ1n) is 5.77. The lowest BCUT2D eigenvalue weighted by Gasteiger charge is -2.08. The van der Waals surface area contributed by atoms with E-state index in [-0.39, 0.29) is 0 Å². The summed E-state index contributed by atoms with van der Waals surface area (Å²) in [6, 6.07) is 5.60. The van der Waals surface area contributed by atoms with Crippen LogP contribution in [0.2, 0.25) is 0 Å². The van der Waals surface area contributed by atoms with E-state index in [0.29, 0.717) is 11.5 Å². The standard InChI is InChI=1S/C13H17NO2/c1-2-14-8-9-6-10-4-3-5-11(13(15)16)12(10)7-9/h3-5,9,14H,2,6-8H2,1H3,(H,15,16). The van der Waals surface area contributed by atoms with Gasteiger partial charge in [-0.05, 0) is 49.0 Å². The number of nitrogens with one attached hydrogen (secondary N) is 1. The molecule has 16 heavy (non-hydrogen) atoms. The first-order valence-corrected chi connectivity index (χ1v) is 5.77. The number of fused-ring (bicyclic) bond motifs is 1.